The zero-order chi connectivity index (χ0) is 14.1. The largest absolute Gasteiger partial charge is 0.484 e. The lowest BCUT2D eigenvalue weighted by Gasteiger charge is -2.15. The second kappa shape index (κ2) is 4.85. The summed E-state index contributed by atoms with van der Waals surface area (Å²) in [7, 11) is 0. The Balaban J connectivity index is 1.86. The molecule has 0 bridgehead atoms. The van der Waals surface area contributed by atoms with Crippen LogP contribution in [0.5, 0.6) is 5.75 Å². The molecule has 2 aromatic rings. The van der Waals surface area contributed by atoms with Crippen LogP contribution in [0, 0.1) is 0 Å². The summed E-state index contributed by atoms with van der Waals surface area (Å²) in [4.78, 5) is 15.1. The first kappa shape index (κ1) is 12.5. The fourth-order valence-corrected chi connectivity index (χ4v) is 2.55. The highest BCUT2D eigenvalue weighted by Crippen LogP contribution is 2.37. The topological polar surface area (TPSA) is 91.2 Å². The average Bonchev–Trinajstić information content (AvgIpc) is 2.84. The summed E-state index contributed by atoms with van der Waals surface area (Å²) < 4.78 is 5.92. The summed E-state index contributed by atoms with van der Waals surface area (Å²) >= 11 is 0. The van der Waals surface area contributed by atoms with Crippen molar-refractivity contribution in [2.24, 2.45) is 5.73 Å². The van der Waals surface area contributed by atoms with E-state index in [1.807, 2.05) is 18.2 Å². The first-order valence-corrected chi connectivity index (χ1v) is 6.44. The number of hydrogen-bond acceptors (Lipinski definition) is 4. The van der Waals surface area contributed by atoms with Gasteiger partial charge in [-0.3, -0.25) is 9.78 Å². The van der Waals surface area contributed by atoms with Gasteiger partial charge in [-0.25, -0.2) is 0 Å². The Bertz CT molecular complexity index is 670. The Morgan fingerprint density at radius 2 is 2.20 bits per heavy atom. The van der Waals surface area contributed by atoms with Crippen molar-refractivity contribution in [3.05, 3.63) is 53.3 Å². The van der Waals surface area contributed by atoms with E-state index in [9.17, 15) is 4.79 Å². The maximum absolute atomic E-state index is 11.1. The van der Waals surface area contributed by atoms with Crippen molar-refractivity contribution in [2.45, 2.75) is 18.9 Å². The molecule has 1 heterocycles. The molecule has 0 saturated carbocycles. The Kier molecular flexibility index (Phi) is 3.02. The van der Waals surface area contributed by atoms with Crippen molar-refractivity contribution < 1.29 is 9.53 Å². The molecule has 1 atom stereocenters. The summed E-state index contributed by atoms with van der Waals surface area (Å²) in [5, 5.41) is 0. The number of anilines is 1. The van der Waals surface area contributed by atoms with E-state index in [0.29, 0.717) is 11.3 Å². The number of amides is 1. The molecule has 1 amide bonds. The Morgan fingerprint density at radius 1 is 1.35 bits per heavy atom. The van der Waals surface area contributed by atoms with Gasteiger partial charge in [-0.1, -0.05) is 12.1 Å². The number of nitrogens with two attached hydrogens (primary N) is 2. The van der Waals surface area contributed by atoms with Gasteiger partial charge in [0.2, 0.25) is 5.91 Å². The van der Waals surface area contributed by atoms with E-state index in [4.69, 9.17) is 16.2 Å². The molecule has 102 valence electrons. The first-order valence-electron chi connectivity index (χ1n) is 6.44. The number of pyridine rings is 1. The molecule has 0 aliphatic heterocycles. The molecule has 0 unspecified atom stereocenters. The van der Waals surface area contributed by atoms with E-state index in [0.717, 1.165) is 29.7 Å². The van der Waals surface area contributed by atoms with E-state index >= 15 is 0 Å². The van der Waals surface area contributed by atoms with Crippen LogP contribution < -0.4 is 16.2 Å². The summed E-state index contributed by atoms with van der Waals surface area (Å²) in [5.74, 6) is 0.0283. The molecule has 1 aliphatic carbocycles. The molecule has 0 radical (unpaired) electrons. The molecular weight excluding hydrogens is 254 g/mol. The zero-order valence-electron chi connectivity index (χ0n) is 10.9. The zero-order valence-corrected chi connectivity index (χ0v) is 10.9. The minimum absolute atomic E-state index is 0.0570. The van der Waals surface area contributed by atoms with Crippen LogP contribution in [0.4, 0.5) is 5.69 Å². The normalized spacial score (nSPS) is 16.7. The fourth-order valence-electron chi connectivity index (χ4n) is 2.55. The maximum atomic E-state index is 11.1. The average molecular weight is 269 g/mol. The van der Waals surface area contributed by atoms with E-state index in [1.165, 1.54) is 6.20 Å². The number of fused-ring (bicyclic) bond motifs is 1. The Labute approximate surface area is 116 Å². The number of nitrogen functional groups attached to an aromatic ring is 1. The van der Waals surface area contributed by atoms with Crippen LogP contribution in [-0.4, -0.2) is 10.9 Å². The maximum Gasteiger partial charge on any atom is 0.250 e. The van der Waals surface area contributed by atoms with Crippen molar-refractivity contribution in [2.75, 3.05) is 5.73 Å². The number of carbonyl (C=O) groups excluding carboxylic acids is 1. The van der Waals surface area contributed by atoms with Crippen molar-refractivity contribution in [3.63, 3.8) is 0 Å². The number of carbonyl (C=O) groups is 1. The Morgan fingerprint density at radius 3 is 3.00 bits per heavy atom. The lowest BCUT2D eigenvalue weighted by molar-refractivity contribution is 0.0999. The molecule has 3 rings (SSSR count). The molecule has 5 heteroatoms. The second-order valence-electron chi connectivity index (χ2n) is 4.83. The van der Waals surface area contributed by atoms with Crippen LogP contribution in [0.15, 0.2) is 36.7 Å². The number of primary amides is 1. The third-order valence-corrected chi connectivity index (χ3v) is 3.53. The number of nitrogens with zero attached hydrogens (tertiary/aromatic N) is 1. The second-order valence-corrected chi connectivity index (χ2v) is 4.83. The van der Waals surface area contributed by atoms with Gasteiger partial charge in [-0.05, 0) is 36.1 Å². The number of ether oxygens (including phenoxy) is 1. The molecule has 20 heavy (non-hydrogen) atoms. The van der Waals surface area contributed by atoms with E-state index in [1.54, 1.807) is 12.3 Å². The van der Waals surface area contributed by atoms with Gasteiger partial charge in [0.05, 0.1) is 11.8 Å². The van der Waals surface area contributed by atoms with Crippen molar-refractivity contribution in [1.82, 2.24) is 4.98 Å². The highest BCUT2D eigenvalue weighted by atomic mass is 16.5. The number of aromatic nitrogens is 1. The van der Waals surface area contributed by atoms with Gasteiger partial charge in [-0.2, -0.15) is 0 Å². The molecule has 5 nitrogen and oxygen atoms in total. The van der Waals surface area contributed by atoms with Gasteiger partial charge in [0.15, 0.2) is 0 Å². The van der Waals surface area contributed by atoms with Crippen LogP contribution in [0.1, 0.15) is 34.0 Å². The first-order chi connectivity index (χ1) is 9.65. The molecule has 1 aromatic heterocycles. The van der Waals surface area contributed by atoms with Crippen LogP contribution >= 0.6 is 0 Å². The van der Waals surface area contributed by atoms with Crippen LogP contribution in [0.3, 0.4) is 0 Å². The molecule has 1 aromatic carbocycles. The predicted octanol–water partition coefficient (Wildman–Crippen LogP) is 1.83. The lowest BCUT2D eigenvalue weighted by atomic mass is 10.1. The summed E-state index contributed by atoms with van der Waals surface area (Å²) in [5.41, 5.74) is 14.6. The summed E-state index contributed by atoms with van der Waals surface area (Å²) in [6.07, 6.45) is 4.71. The van der Waals surface area contributed by atoms with Crippen molar-refractivity contribution in [1.29, 1.82) is 0 Å². The molecule has 1 aliphatic rings. The fraction of sp³-hybridized carbons (Fsp3) is 0.200. The lowest BCUT2D eigenvalue weighted by Crippen LogP contribution is -2.12. The summed E-state index contributed by atoms with van der Waals surface area (Å²) in [6.45, 7) is 0. The number of hydrogen-bond donors (Lipinski definition) is 2. The van der Waals surface area contributed by atoms with E-state index in [2.05, 4.69) is 4.98 Å². The van der Waals surface area contributed by atoms with Gasteiger partial charge in [0.1, 0.15) is 11.9 Å². The van der Waals surface area contributed by atoms with Gasteiger partial charge in [-0.15, -0.1) is 0 Å². The van der Waals surface area contributed by atoms with Gasteiger partial charge >= 0.3 is 0 Å². The standard InChI is InChI=1S/C15H15N3O2/c16-13-3-1-2-12-11(13)4-5-14(12)20-10-6-9(15(17)19)7-18-8-10/h1-3,6-8,14H,4-5,16H2,(H2,17,19)/t14-/m1/s1. The van der Waals surface area contributed by atoms with Crippen molar-refractivity contribution >= 4 is 11.6 Å². The predicted molar refractivity (Wildman–Crippen MR) is 75.3 cm³/mol. The molecule has 4 N–H and O–H groups in total. The third kappa shape index (κ3) is 2.18. The number of rotatable bonds is 3. The highest BCUT2D eigenvalue weighted by molar-refractivity contribution is 5.92. The third-order valence-electron chi connectivity index (χ3n) is 3.53. The van der Waals surface area contributed by atoms with Crippen LogP contribution in [-0.2, 0) is 6.42 Å². The van der Waals surface area contributed by atoms with Crippen LogP contribution in [0.2, 0.25) is 0 Å². The van der Waals surface area contributed by atoms with Crippen molar-refractivity contribution in [3.8, 4) is 5.75 Å². The summed E-state index contributed by atoms with van der Waals surface area (Å²) in [6, 6.07) is 7.46. The molecular formula is C15H15N3O2. The quantitative estimate of drug-likeness (QED) is 0.831. The van der Waals surface area contributed by atoms with Gasteiger partial charge in [0.25, 0.3) is 0 Å². The minimum Gasteiger partial charge on any atom is -0.484 e. The van der Waals surface area contributed by atoms with Gasteiger partial charge < -0.3 is 16.2 Å². The van der Waals surface area contributed by atoms with Gasteiger partial charge in [0, 0.05) is 11.9 Å². The van der Waals surface area contributed by atoms with Crippen LogP contribution in [0.25, 0.3) is 0 Å². The smallest absolute Gasteiger partial charge is 0.250 e. The van der Waals surface area contributed by atoms with E-state index < -0.39 is 5.91 Å². The molecule has 0 fully saturated rings. The SMILES string of the molecule is NC(=O)c1cncc(O[C@@H]2CCc3c(N)cccc32)c1. The minimum atomic E-state index is -0.515. The monoisotopic (exact) mass is 269 g/mol. The van der Waals surface area contributed by atoms with E-state index in [-0.39, 0.29) is 6.10 Å². The number of benzene rings is 1. The Hall–Kier alpha value is -2.56. The highest BCUT2D eigenvalue weighted by Gasteiger charge is 2.25. The molecule has 0 saturated heterocycles. The molecule has 0 spiro atoms.